The highest BCUT2D eigenvalue weighted by Gasteiger charge is 2.17. The molecule has 2 aromatic carbocycles. The minimum atomic E-state index is -0.564. The molecule has 0 fully saturated rings. The highest BCUT2D eigenvalue weighted by atomic mass is 19.1. The van der Waals surface area contributed by atoms with Gasteiger partial charge in [-0.3, -0.25) is 4.79 Å². The zero-order valence-electron chi connectivity index (χ0n) is 12.1. The van der Waals surface area contributed by atoms with E-state index in [-0.39, 0.29) is 17.9 Å². The SMILES string of the molecule is COc1ccc(C(=O)C[n+]2ccc3ccccc3c2)c(F)c1. The number of ketones is 1. The van der Waals surface area contributed by atoms with Crippen molar-refractivity contribution >= 4 is 16.6 Å². The normalized spacial score (nSPS) is 10.6. The molecule has 4 heteroatoms. The summed E-state index contributed by atoms with van der Waals surface area (Å²) >= 11 is 0. The van der Waals surface area contributed by atoms with E-state index >= 15 is 0 Å². The zero-order valence-corrected chi connectivity index (χ0v) is 12.1. The highest BCUT2D eigenvalue weighted by molar-refractivity contribution is 5.95. The number of hydrogen-bond acceptors (Lipinski definition) is 2. The van der Waals surface area contributed by atoms with Crippen molar-refractivity contribution in [3.05, 3.63) is 72.3 Å². The van der Waals surface area contributed by atoms with Gasteiger partial charge in [0.1, 0.15) is 11.6 Å². The van der Waals surface area contributed by atoms with Crippen molar-refractivity contribution in [2.75, 3.05) is 7.11 Å². The molecule has 0 N–H and O–H groups in total. The fourth-order valence-corrected chi connectivity index (χ4v) is 2.38. The lowest BCUT2D eigenvalue weighted by Gasteiger charge is -2.04. The van der Waals surface area contributed by atoms with Crippen LogP contribution in [0.2, 0.25) is 0 Å². The minimum absolute atomic E-state index is 0.0708. The molecule has 1 heterocycles. The number of carbonyl (C=O) groups excluding carboxylic acids is 1. The number of rotatable bonds is 4. The molecule has 3 rings (SSSR count). The number of Topliss-reactive ketones (excluding diaryl/α,β-unsaturated/α-hetero) is 1. The maximum Gasteiger partial charge on any atom is 0.230 e. The Morgan fingerprint density at radius 3 is 2.64 bits per heavy atom. The van der Waals surface area contributed by atoms with Gasteiger partial charge in [0.25, 0.3) is 0 Å². The number of fused-ring (bicyclic) bond motifs is 1. The Bertz CT molecular complexity index is 845. The van der Waals surface area contributed by atoms with E-state index in [1.165, 1.54) is 19.2 Å². The number of nitrogens with zero attached hydrogens (tertiary/aromatic N) is 1. The molecule has 0 saturated carbocycles. The van der Waals surface area contributed by atoms with E-state index in [4.69, 9.17) is 4.74 Å². The van der Waals surface area contributed by atoms with Crippen LogP contribution in [0.3, 0.4) is 0 Å². The van der Waals surface area contributed by atoms with Crippen LogP contribution in [0.5, 0.6) is 5.75 Å². The molecule has 0 bridgehead atoms. The van der Waals surface area contributed by atoms with Gasteiger partial charge in [0.2, 0.25) is 12.3 Å². The standard InChI is InChI=1S/C18H15FNO2/c1-22-15-6-7-16(17(19)10-15)18(21)12-20-9-8-13-4-2-3-5-14(13)11-20/h2-11H,12H2,1H3/q+1. The average Bonchev–Trinajstić information content (AvgIpc) is 2.54. The predicted molar refractivity (Wildman–Crippen MR) is 81.4 cm³/mol. The Morgan fingerprint density at radius 1 is 1.14 bits per heavy atom. The maximum absolute atomic E-state index is 13.9. The number of carbonyl (C=O) groups is 1. The van der Waals surface area contributed by atoms with Gasteiger partial charge in [0.15, 0.2) is 12.4 Å². The lowest BCUT2D eigenvalue weighted by atomic mass is 10.1. The molecule has 0 unspecified atom stereocenters. The number of methoxy groups -OCH3 is 1. The number of aromatic nitrogens is 1. The molecule has 0 saturated heterocycles. The summed E-state index contributed by atoms with van der Waals surface area (Å²) in [5.74, 6) is -0.446. The molecular weight excluding hydrogens is 281 g/mol. The van der Waals surface area contributed by atoms with Crippen LogP contribution in [-0.2, 0) is 6.54 Å². The van der Waals surface area contributed by atoms with Crippen molar-refractivity contribution in [1.29, 1.82) is 0 Å². The van der Waals surface area contributed by atoms with Gasteiger partial charge in [-0.2, -0.15) is 4.57 Å². The molecule has 0 spiro atoms. The Balaban J connectivity index is 1.86. The third kappa shape index (κ3) is 2.81. The van der Waals surface area contributed by atoms with E-state index in [0.29, 0.717) is 5.75 Å². The zero-order chi connectivity index (χ0) is 15.5. The van der Waals surface area contributed by atoms with Crippen LogP contribution in [0.1, 0.15) is 10.4 Å². The summed E-state index contributed by atoms with van der Waals surface area (Å²) in [6.45, 7) is 0.0914. The van der Waals surface area contributed by atoms with Gasteiger partial charge in [-0.05, 0) is 23.6 Å². The van der Waals surface area contributed by atoms with Crippen molar-refractivity contribution in [2.45, 2.75) is 6.54 Å². The van der Waals surface area contributed by atoms with Crippen LogP contribution >= 0.6 is 0 Å². The minimum Gasteiger partial charge on any atom is -0.497 e. The summed E-state index contributed by atoms with van der Waals surface area (Å²) in [5.41, 5.74) is 0.0708. The van der Waals surface area contributed by atoms with Crippen LogP contribution in [0.25, 0.3) is 10.8 Å². The number of benzene rings is 2. The number of halogens is 1. The third-order valence-corrected chi connectivity index (χ3v) is 3.55. The van der Waals surface area contributed by atoms with Gasteiger partial charge >= 0.3 is 0 Å². The van der Waals surface area contributed by atoms with Crippen LogP contribution < -0.4 is 9.30 Å². The summed E-state index contributed by atoms with van der Waals surface area (Å²) in [6.07, 6.45) is 3.70. The first-order valence-electron chi connectivity index (χ1n) is 6.92. The first kappa shape index (κ1) is 14.2. The van der Waals surface area contributed by atoms with Gasteiger partial charge in [-0.25, -0.2) is 4.39 Å². The summed E-state index contributed by atoms with van der Waals surface area (Å²) in [7, 11) is 1.46. The Kier molecular flexibility index (Phi) is 3.83. The van der Waals surface area contributed by atoms with E-state index in [1.54, 1.807) is 10.6 Å². The molecule has 0 aliphatic rings. The molecule has 3 aromatic rings. The third-order valence-electron chi connectivity index (χ3n) is 3.55. The van der Waals surface area contributed by atoms with Crippen LogP contribution in [0.4, 0.5) is 4.39 Å². The van der Waals surface area contributed by atoms with Gasteiger partial charge in [-0.1, -0.05) is 18.2 Å². The smallest absolute Gasteiger partial charge is 0.230 e. The largest absolute Gasteiger partial charge is 0.497 e. The molecule has 0 amide bonds. The second-order valence-corrected chi connectivity index (χ2v) is 5.02. The van der Waals surface area contributed by atoms with Crippen molar-refractivity contribution in [1.82, 2.24) is 0 Å². The van der Waals surface area contributed by atoms with Crippen molar-refractivity contribution in [3.8, 4) is 5.75 Å². The lowest BCUT2D eigenvalue weighted by Crippen LogP contribution is -2.37. The van der Waals surface area contributed by atoms with Crippen LogP contribution in [0.15, 0.2) is 60.9 Å². The van der Waals surface area contributed by atoms with Gasteiger partial charge in [-0.15, -0.1) is 0 Å². The Hall–Kier alpha value is -2.75. The molecule has 0 atom stereocenters. The van der Waals surface area contributed by atoms with E-state index < -0.39 is 5.82 Å². The van der Waals surface area contributed by atoms with Gasteiger partial charge in [0, 0.05) is 17.5 Å². The summed E-state index contributed by atoms with van der Waals surface area (Å²) in [4.78, 5) is 12.3. The maximum atomic E-state index is 13.9. The summed E-state index contributed by atoms with van der Waals surface area (Å²) in [6, 6.07) is 14.1. The second-order valence-electron chi connectivity index (χ2n) is 5.02. The van der Waals surface area contributed by atoms with Gasteiger partial charge < -0.3 is 4.74 Å². The fraction of sp³-hybridized carbons (Fsp3) is 0.111. The first-order valence-corrected chi connectivity index (χ1v) is 6.92. The van der Waals surface area contributed by atoms with Crippen molar-refractivity contribution < 1.29 is 18.5 Å². The van der Waals surface area contributed by atoms with Crippen molar-refractivity contribution in [2.24, 2.45) is 0 Å². The van der Waals surface area contributed by atoms with E-state index in [2.05, 4.69) is 0 Å². The average molecular weight is 296 g/mol. The Morgan fingerprint density at radius 2 is 1.91 bits per heavy atom. The molecule has 110 valence electrons. The topological polar surface area (TPSA) is 30.2 Å². The summed E-state index contributed by atoms with van der Waals surface area (Å²) < 4.78 is 20.6. The van der Waals surface area contributed by atoms with Crippen LogP contribution in [0, 0.1) is 5.82 Å². The quantitative estimate of drug-likeness (QED) is 0.547. The molecule has 1 aromatic heterocycles. The molecule has 22 heavy (non-hydrogen) atoms. The van der Waals surface area contributed by atoms with E-state index in [0.717, 1.165) is 10.8 Å². The van der Waals surface area contributed by atoms with Gasteiger partial charge in [0.05, 0.1) is 12.7 Å². The number of ether oxygens (including phenoxy) is 1. The monoisotopic (exact) mass is 296 g/mol. The predicted octanol–water partition coefficient (Wildman–Crippen LogP) is 3.16. The van der Waals surface area contributed by atoms with Crippen LogP contribution in [-0.4, -0.2) is 12.9 Å². The first-order chi connectivity index (χ1) is 10.7. The molecule has 3 nitrogen and oxygen atoms in total. The summed E-state index contributed by atoms with van der Waals surface area (Å²) in [5, 5.41) is 2.13. The van der Waals surface area contributed by atoms with Crippen molar-refractivity contribution in [3.63, 3.8) is 0 Å². The molecule has 0 aliphatic carbocycles. The fourth-order valence-electron chi connectivity index (χ4n) is 2.38. The highest BCUT2D eigenvalue weighted by Crippen LogP contribution is 2.17. The van der Waals surface area contributed by atoms with E-state index in [9.17, 15) is 9.18 Å². The number of hydrogen-bond donors (Lipinski definition) is 0. The second kappa shape index (κ2) is 5.93. The van der Waals surface area contributed by atoms with E-state index in [1.807, 2.05) is 42.7 Å². The molecule has 0 aliphatic heterocycles. The number of pyridine rings is 1. The Labute approximate surface area is 127 Å². The molecule has 0 radical (unpaired) electrons. The lowest BCUT2D eigenvalue weighted by molar-refractivity contribution is -0.681. The molecular formula is C18H15FNO2+.